The van der Waals surface area contributed by atoms with Crippen LogP contribution in [0.15, 0.2) is 11.6 Å². The van der Waals surface area contributed by atoms with Crippen molar-refractivity contribution >= 4 is 0 Å². The first-order valence-electron chi connectivity index (χ1n) is 3.94. The fourth-order valence-corrected chi connectivity index (χ4v) is 1.27. The third-order valence-electron chi connectivity index (χ3n) is 2.33. The Balaban J connectivity index is 2.16. The summed E-state index contributed by atoms with van der Waals surface area (Å²) >= 11 is 0. The second kappa shape index (κ2) is 3.05. The molecule has 0 nitrogen and oxygen atoms in total. The van der Waals surface area contributed by atoms with Crippen LogP contribution in [0.2, 0.25) is 0 Å². The van der Waals surface area contributed by atoms with Gasteiger partial charge in [-0.1, -0.05) is 30.9 Å². The van der Waals surface area contributed by atoms with Crippen molar-refractivity contribution in [2.75, 3.05) is 0 Å². The van der Waals surface area contributed by atoms with Crippen LogP contribution in [0.4, 0.5) is 0 Å². The normalized spacial score (nSPS) is 21.8. The van der Waals surface area contributed by atoms with Gasteiger partial charge < -0.3 is 0 Å². The van der Waals surface area contributed by atoms with Crippen LogP contribution in [-0.4, -0.2) is 0 Å². The maximum Gasteiger partial charge on any atom is -0.0295 e. The number of rotatable bonds is 2. The van der Waals surface area contributed by atoms with Crippen LogP contribution in [0, 0.1) is 5.92 Å². The molecule has 0 heterocycles. The molecule has 52 valence electrons. The van der Waals surface area contributed by atoms with Crippen molar-refractivity contribution in [1.82, 2.24) is 0 Å². The molecule has 9 heavy (non-hydrogen) atoms. The summed E-state index contributed by atoms with van der Waals surface area (Å²) in [5.74, 6) is 1.04. The lowest BCUT2D eigenvalue weighted by molar-refractivity contribution is 0.314. The SMILES string of the molecule is C/C=C(\C)CC1CCC1. The van der Waals surface area contributed by atoms with Gasteiger partial charge in [-0.25, -0.2) is 0 Å². The summed E-state index contributed by atoms with van der Waals surface area (Å²) < 4.78 is 0. The van der Waals surface area contributed by atoms with Gasteiger partial charge in [0.05, 0.1) is 0 Å². The predicted molar refractivity (Wildman–Crippen MR) is 41.4 cm³/mol. The maximum absolute atomic E-state index is 2.23. The van der Waals surface area contributed by atoms with Crippen LogP contribution in [0.25, 0.3) is 0 Å². The number of hydrogen-bond acceptors (Lipinski definition) is 0. The van der Waals surface area contributed by atoms with Crippen molar-refractivity contribution in [3.05, 3.63) is 11.6 Å². The van der Waals surface area contributed by atoms with E-state index in [-0.39, 0.29) is 0 Å². The Morgan fingerprint density at radius 3 is 2.56 bits per heavy atom. The highest BCUT2D eigenvalue weighted by Crippen LogP contribution is 2.31. The zero-order valence-corrected chi connectivity index (χ0v) is 6.48. The summed E-state index contributed by atoms with van der Waals surface area (Å²) in [7, 11) is 0. The van der Waals surface area contributed by atoms with E-state index in [0.717, 1.165) is 5.92 Å². The molecule has 0 aliphatic heterocycles. The van der Waals surface area contributed by atoms with E-state index in [1.54, 1.807) is 5.57 Å². The molecule has 1 aliphatic rings. The molecule has 0 saturated heterocycles. The van der Waals surface area contributed by atoms with Gasteiger partial charge in [-0.15, -0.1) is 0 Å². The second-order valence-corrected chi connectivity index (χ2v) is 3.14. The number of allylic oxidation sites excluding steroid dienone is 2. The third kappa shape index (κ3) is 1.85. The van der Waals surface area contributed by atoms with Crippen LogP contribution in [0.1, 0.15) is 39.5 Å². The van der Waals surface area contributed by atoms with Crippen LogP contribution in [0.5, 0.6) is 0 Å². The highest BCUT2D eigenvalue weighted by Gasteiger charge is 2.16. The first kappa shape index (κ1) is 6.85. The molecule has 0 aromatic heterocycles. The molecule has 0 heteroatoms. The molecule has 0 spiro atoms. The molecule has 1 rings (SSSR count). The highest BCUT2D eigenvalue weighted by molar-refractivity contribution is 4.98. The zero-order chi connectivity index (χ0) is 6.69. The van der Waals surface area contributed by atoms with Gasteiger partial charge in [0.2, 0.25) is 0 Å². The molecule has 0 atom stereocenters. The minimum absolute atomic E-state index is 1.04. The lowest BCUT2D eigenvalue weighted by Crippen LogP contribution is -2.10. The third-order valence-corrected chi connectivity index (χ3v) is 2.33. The Morgan fingerprint density at radius 2 is 2.22 bits per heavy atom. The molecule has 0 amide bonds. The van der Waals surface area contributed by atoms with Gasteiger partial charge in [-0.05, 0) is 26.2 Å². The summed E-state index contributed by atoms with van der Waals surface area (Å²) in [4.78, 5) is 0. The molecule has 0 unspecified atom stereocenters. The minimum Gasteiger partial charge on any atom is -0.0887 e. The molecular formula is C9H16. The van der Waals surface area contributed by atoms with Crippen molar-refractivity contribution in [1.29, 1.82) is 0 Å². The minimum atomic E-state index is 1.04. The van der Waals surface area contributed by atoms with Crippen LogP contribution in [-0.2, 0) is 0 Å². The van der Waals surface area contributed by atoms with E-state index in [2.05, 4.69) is 19.9 Å². The fraction of sp³-hybridized carbons (Fsp3) is 0.778. The Bertz CT molecular complexity index is 107. The van der Waals surface area contributed by atoms with Gasteiger partial charge >= 0.3 is 0 Å². The van der Waals surface area contributed by atoms with Gasteiger partial charge in [0.25, 0.3) is 0 Å². The summed E-state index contributed by atoms with van der Waals surface area (Å²) in [5, 5.41) is 0. The summed E-state index contributed by atoms with van der Waals surface area (Å²) in [6.45, 7) is 4.37. The smallest absolute Gasteiger partial charge is 0.0295 e. The molecule has 0 radical (unpaired) electrons. The van der Waals surface area contributed by atoms with Gasteiger partial charge in [-0.2, -0.15) is 0 Å². The molecule has 0 N–H and O–H groups in total. The van der Waals surface area contributed by atoms with Crippen molar-refractivity contribution in [2.45, 2.75) is 39.5 Å². The summed E-state index contributed by atoms with van der Waals surface area (Å²) in [6.07, 6.45) is 8.02. The monoisotopic (exact) mass is 124 g/mol. The lowest BCUT2D eigenvalue weighted by atomic mass is 9.81. The molecule has 0 aromatic carbocycles. The van der Waals surface area contributed by atoms with E-state index in [9.17, 15) is 0 Å². The average Bonchev–Trinajstić information content (AvgIpc) is 1.78. The lowest BCUT2D eigenvalue weighted by Gasteiger charge is -2.25. The van der Waals surface area contributed by atoms with Crippen molar-refractivity contribution in [3.63, 3.8) is 0 Å². The largest absolute Gasteiger partial charge is 0.0887 e. The van der Waals surface area contributed by atoms with Crippen LogP contribution in [0.3, 0.4) is 0 Å². The van der Waals surface area contributed by atoms with E-state index >= 15 is 0 Å². The Kier molecular flexibility index (Phi) is 2.32. The van der Waals surface area contributed by atoms with Crippen molar-refractivity contribution < 1.29 is 0 Å². The molecule has 0 aromatic rings. The summed E-state index contributed by atoms with van der Waals surface area (Å²) in [5.41, 5.74) is 1.57. The van der Waals surface area contributed by atoms with Crippen LogP contribution >= 0.6 is 0 Å². The molecule has 0 bridgehead atoms. The molecular weight excluding hydrogens is 108 g/mol. The van der Waals surface area contributed by atoms with E-state index in [4.69, 9.17) is 0 Å². The maximum atomic E-state index is 2.23. The first-order valence-corrected chi connectivity index (χ1v) is 3.94. The van der Waals surface area contributed by atoms with Gasteiger partial charge in [0.15, 0.2) is 0 Å². The van der Waals surface area contributed by atoms with Crippen LogP contribution < -0.4 is 0 Å². The first-order chi connectivity index (χ1) is 4.33. The van der Waals surface area contributed by atoms with Gasteiger partial charge in [0.1, 0.15) is 0 Å². The molecule has 1 aliphatic carbocycles. The van der Waals surface area contributed by atoms with Gasteiger partial charge in [0, 0.05) is 0 Å². The van der Waals surface area contributed by atoms with Crippen molar-refractivity contribution in [3.8, 4) is 0 Å². The molecule has 1 saturated carbocycles. The molecule has 1 fully saturated rings. The van der Waals surface area contributed by atoms with E-state index < -0.39 is 0 Å². The van der Waals surface area contributed by atoms with E-state index in [1.807, 2.05) is 0 Å². The van der Waals surface area contributed by atoms with Crippen molar-refractivity contribution in [2.24, 2.45) is 5.92 Å². The number of hydrogen-bond donors (Lipinski definition) is 0. The Morgan fingerprint density at radius 1 is 1.56 bits per heavy atom. The highest BCUT2D eigenvalue weighted by atomic mass is 14.2. The Hall–Kier alpha value is -0.260. The second-order valence-electron chi connectivity index (χ2n) is 3.14. The van der Waals surface area contributed by atoms with E-state index in [0.29, 0.717) is 0 Å². The van der Waals surface area contributed by atoms with E-state index in [1.165, 1.54) is 25.7 Å². The zero-order valence-electron chi connectivity index (χ0n) is 6.48. The average molecular weight is 124 g/mol. The van der Waals surface area contributed by atoms with Gasteiger partial charge in [-0.3, -0.25) is 0 Å². The summed E-state index contributed by atoms with van der Waals surface area (Å²) in [6, 6.07) is 0. The topological polar surface area (TPSA) is 0 Å². The quantitative estimate of drug-likeness (QED) is 0.496. The standard InChI is InChI=1S/C9H16/c1-3-8(2)7-9-5-4-6-9/h3,9H,4-7H2,1-2H3/b8-3+. The predicted octanol–water partition coefficient (Wildman–Crippen LogP) is 3.14. The Labute approximate surface area is 58.0 Å². The fourth-order valence-electron chi connectivity index (χ4n) is 1.27.